The molecule has 20 heavy (non-hydrogen) atoms. The minimum atomic E-state index is -0.226. The van der Waals surface area contributed by atoms with Crippen LogP contribution in [0.25, 0.3) is 11.5 Å². The molecule has 3 heterocycles. The highest BCUT2D eigenvalue weighted by Gasteiger charge is 2.25. The van der Waals surface area contributed by atoms with E-state index in [1.807, 2.05) is 6.07 Å². The van der Waals surface area contributed by atoms with E-state index in [9.17, 15) is 4.79 Å². The number of nitrogens with zero attached hydrogens (tertiary/aromatic N) is 6. The average Bonchev–Trinajstić information content (AvgIpc) is 3.05. The zero-order chi connectivity index (χ0) is 13.5. The fraction of sp³-hybridized carbons (Fsp3) is 0.250. The summed E-state index contributed by atoms with van der Waals surface area (Å²) in [6.45, 7) is 0. The van der Waals surface area contributed by atoms with Crippen LogP contribution in [0.3, 0.4) is 0 Å². The minimum absolute atomic E-state index is 0.226. The van der Waals surface area contributed by atoms with Crippen LogP contribution in [0.4, 0.5) is 0 Å². The van der Waals surface area contributed by atoms with Gasteiger partial charge < -0.3 is 0 Å². The van der Waals surface area contributed by atoms with Crippen LogP contribution in [0.2, 0.25) is 0 Å². The van der Waals surface area contributed by atoms with Gasteiger partial charge in [-0.05, 0) is 12.8 Å². The Hall–Kier alpha value is -2.77. The van der Waals surface area contributed by atoms with Gasteiger partial charge in [-0.1, -0.05) is 5.21 Å². The molecule has 3 aromatic rings. The third-order valence-corrected chi connectivity index (χ3v) is 3.32. The van der Waals surface area contributed by atoms with Crippen molar-refractivity contribution in [1.82, 2.24) is 34.7 Å². The summed E-state index contributed by atoms with van der Waals surface area (Å²) in [7, 11) is 0. The van der Waals surface area contributed by atoms with E-state index in [0.29, 0.717) is 17.4 Å². The van der Waals surface area contributed by atoms with Gasteiger partial charge in [0.05, 0.1) is 18.6 Å². The normalized spacial score (nSPS) is 14.6. The zero-order valence-electron chi connectivity index (χ0n) is 10.5. The second-order valence-corrected chi connectivity index (χ2v) is 4.72. The van der Waals surface area contributed by atoms with Crippen LogP contribution in [0.1, 0.15) is 24.5 Å². The first-order valence-electron chi connectivity index (χ1n) is 6.32. The van der Waals surface area contributed by atoms with Crippen molar-refractivity contribution < 1.29 is 0 Å². The van der Waals surface area contributed by atoms with Crippen molar-refractivity contribution >= 4 is 0 Å². The fourth-order valence-electron chi connectivity index (χ4n) is 2.12. The Labute approximate surface area is 113 Å². The molecule has 1 fully saturated rings. The standard InChI is InChI=1S/C12H11N7O/c20-12-10(18-4-3-15-17-18)6-16-19(12)11-5-9(8-1-2-8)13-7-14-11/h3-8,16H,1-2H2. The highest BCUT2D eigenvalue weighted by atomic mass is 16.1. The molecular formula is C12H11N7O. The van der Waals surface area contributed by atoms with Crippen LogP contribution in [0.15, 0.2) is 35.8 Å². The SMILES string of the molecule is O=c1c(-n2ccnn2)c[nH]n1-c1cc(C2CC2)ncn1. The number of aromatic nitrogens is 7. The number of nitrogens with one attached hydrogen (secondary N) is 1. The zero-order valence-corrected chi connectivity index (χ0v) is 10.5. The van der Waals surface area contributed by atoms with Crippen molar-refractivity contribution in [3.05, 3.63) is 47.0 Å². The monoisotopic (exact) mass is 269 g/mol. The summed E-state index contributed by atoms with van der Waals surface area (Å²) in [5.41, 5.74) is 1.16. The van der Waals surface area contributed by atoms with Gasteiger partial charge in [-0.2, -0.15) is 4.68 Å². The van der Waals surface area contributed by atoms with Crippen molar-refractivity contribution in [3.8, 4) is 11.5 Å². The smallest absolute Gasteiger partial charge is 0.295 e. The molecule has 3 aromatic heterocycles. The summed E-state index contributed by atoms with van der Waals surface area (Å²) in [5, 5.41) is 10.4. The number of hydrogen-bond acceptors (Lipinski definition) is 5. The van der Waals surface area contributed by atoms with Crippen LogP contribution in [-0.4, -0.2) is 34.7 Å². The molecule has 1 N–H and O–H groups in total. The van der Waals surface area contributed by atoms with Gasteiger partial charge in [0, 0.05) is 17.7 Å². The lowest BCUT2D eigenvalue weighted by Gasteiger charge is -2.02. The molecule has 8 nitrogen and oxygen atoms in total. The number of rotatable bonds is 3. The van der Waals surface area contributed by atoms with E-state index in [1.165, 1.54) is 21.9 Å². The van der Waals surface area contributed by atoms with E-state index < -0.39 is 0 Å². The molecule has 0 radical (unpaired) electrons. The Morgan fingerprint density at radius 1 is 1.30 bits per heavy atom. The van der Waals surface area contributed by atoms with E-state index >= 15 is 0 Å². The first-order valence-corrected chi connectivity index (χ1v) is 6.32. The summed E-state index contributed by atoms with van der Waals surface area (Å²) < 4.78 is 2.79. The van der Waals surface area contributed by atoms with Gasteiger partial charge in [-0.3, -0.25) is 9.89 Å². The van der Waals surface area contributed by atoms with Crippen molar-refractivity contribution in [1.29, 1.82) is 0 Å². The Balaban J connectivity index is 1.79. The highest BCUT2D eigenvalue weighted by molar-refractivity contribution is 5.31. The van der Waals surface area contributed by atoms with Crippen molar-refractivity contribution in [2.75, 3.05) is 0 Å². The van der Waals surface area contributed by atoms with Gasteiger partial charge in [-0.25, -0.2) is 14.6 Å². The summed E-state index contributed by atoms with van der Waals surface area (Å²) >= 11 is 0. The van der Waals surface area contributed by atoms with Crippen LogP contribution in [0.5, 0.6) is 0 Å². The van der Waals surface area contributed by atoms with Crippen LogP contribution >= 0.6 is 0 Å². The molecule has 0 unspecified atom stereocenters. The second kappa shape index (κ2) is 4.12. The van der Waals surface area contributed by atoms with Crippen LogP contribution in [0, 0.1) is 0 Å². The molecule has 1 aliphatic carbocycles. The fourth-order valence-corrected chi connectivity index (χ4v) is 2.12. The van der Waals surface area contributed by atoms with E-state index in [2.05, 4.69) is 25.4 Å². The predicted molar refractivity (Wildman–Crippen MR) is 68.9 cm³/mol. The Kier molecular flexibility index (Phi) is 2.28. The van der Waals surface area contributed by atoms with Crippen molar-refractivity contribution in [3.63, 3.8) is 0 Å². The van der Waals surface area contributed by atoms with E-state index in [1.54, 1.807) is 12.4 Å². The molecule has 0 spiro atoms. The van der Waals surface area contributed by atoms with Gasteiger partial charge in [-0.15, -0.1) is 5.10 Å². The molecule has 0 saturated heterocycles. The molecule has 100 valence electrons. The van der Waals surface area contributed by atoms with Gasteiger partial charge in [0.25, 0.3) is 5.56 Å². The van der Waals surface area contributed by atoms with Crippen molar-refractivity contribution in [2.24, 2.45) is 0 Å². The topological polar surface area (TPSA) is 94.3 Å². The molecule has 1 aliphatic rings. The lowest BCUT2D eigenvalue weighted by atomic mass is 10.3. The Bertz CT molecular complexity index is 797. The first-order chi connectivity index (χ1) is 9.83. The molecule has 0 atom stereocenters. The number of H-pyrrole nitrogens is 1. The number of aromatic amines is 1. The van der Waals surface area contributed by atoms with E-state index in [-0.39, 0.29) is 5.56 Å². The third kappa shape index (κ3) is 1.73. The Morgan fingerprint density at radius 3 is 2.95 bits per heavy atom. The molecule has 0 bridgehead atoms. The summed E-state index contributed by atoms with van der Waals surface area (Å²) in [4.78, 5) is 20.7. The predicted octanol–water partition coefficient (Wildman–Crippen LogP) is 0.414. The van der Waals surface area contributed by atoms with Crippen LogP contribution in [-0.2, 0) is 0 Å². The maximum Gasteiger partial charge on any atom is 0.298 e. The lowest BCUT2D eigenvalue weighted by molar-refractivity contribution is 0.781. The summed E-state index contributed by atoms with van der Waals surface area (Å²) in [6.07, 6.45) is 8.51. The summed E-state index contributed by atoms with van der Waals surface area (Å²) in [6, 6.07) is 1.85. The first kappa shape index (κ1) is 11.1. The maximum absolute atomic E-state index is 12.3. The highest BCUT2D eigenvalue weighted by Crippen LogP contribution is 2.38. The van der Waals surface area contributed by atoms with Crippen LogP contribution < -0.4 is 5.56 Å². The second-order valence-electron chi connectivity index (χ2n) is 4.72. The van der Waals surface area contributed by atoms with E-state index in [4.69, 9.17) is 0 Å². The largest absolute Gasteiger partial charge is 0.298 e. The quantitative estimate of drug-likeness (QED) is 0.743. The molecule has 4 rings (SSSR count). The minimum Gasteiger partial charge on any atom is -0.295 e. The molecule has 0 aliphatic heterocycles. The Morgan fingerprint density at radius 2 is 2.20 bits per heavy atom. The van der Waals surface area contributed by atoms with Gasteiger partial charge >= 0.3 is 0 Å². The van der Waals surface area contributed by atoms with Gasteiger partial charge in [0.15, 0.2) is 11.5 Å². The maximum atomic E-state index is 12.3. The molecule has 1 saturated carbocycles. The van der Waals surface area contributed by atoms with Gasteiger partial charge in [0.2, 0.25) is 0 Å². The van der Waals surface area contributed by atoms with E-state index in [0.717, 1.165) is 18.5 Å². The number of hydrogen-bond donors (Lipinski definition) is 1. The summed E-state index contributed by atoms with van der Waals surface area (Å²) in [5.74, 6) is 1.05. The molecular weight excluding hydrogens is 258 g/mol. The van der Waals surface area contributed by atoms with Gasteiger partial charge in [0.1, 0.15) is 6.33 Å². The third-order valence-electron chi connectivity index (χ3n) is 3.32. The molecule has 0 aromatic carbocycles. The lowest BCUT2D eigenvalue weighted by Crippen LogP contribution is -2.19. The average molecular weight is 269 g/mol. The van der Waals surface area contributed by atoms with Crippen molar-refractivity contribution in [2.45, 2.75) is 18.8 Å². The molecule has 8 heteroatoms. The molecule has 0 amide bonds.